The molecule has 1 unspecified atom stereocenters. The Balaban J connectivity index is 1.36. The fourth-order valence-corrected chi connectivity index (χ4v) is 3.89. The first-order valence-electron chi connectivity index (χ1n) is 9.97. The van der Waals surface area contributed by atoms with Gasteiger partial charge >= 0.3 is 0 Å². The molecule has 162 valence electrons. The molecular weight excluding hydrogens is 423 g/mol. The first-order chi connectivity index (χ1) is 15.0. The number of carbonyl (C=O) groups is 1. The number of ether oxygens (including phenoxy) is 1. The largest absolute Gasteiger partial charge is 0.495 e. The Morgan fingerprint density at radius 3 is 2.87 bits per heavy atom. The molecule has 2 heterocycles. The van der Waals surface area contributed by atoms with Crippen molar-refractivity contribution in [1.29, 1.82) is 0 Å². The lowest BCUT2D eigenvalue weighted by Crippen LogP contribution is -2.40. The van der Waals surface area contributed by atoms with Crippen LogP contribution in [0.2, 0.25) is 5.02 Å². The molecule has 0 bridgehead atoms. The highest BCUT2D eigenvalue weighted by molar-refractivity contribution is 6.32. The summed E-state index contributed by atoms with van der Waals surface area (Å²) in [6.07, 6.45) is 1.69. The lowest BCUT2D eigenvalue weighted by Gasteiger charge is -2.30. The van der Waals surface area contributed by atoms with Gasteiger partial charge in [0.25, 0.3) is 0 Å². The number of nitrogens with one attached hydrogen (secondary N) is 1. The van der Waals surface area contributed by atoms with Gasteiger partial charge in [-0.05, 0) is 61.9 Å². The smallest absolute Gasteiger partial charge is 0.241 e. The van der Waals surface area contributed by atoms with Crippen LogP contribution in [0.5, 0.6) is 5.75 Å². The summed E-state index contributed by atoms with van der Waals surface area (Å²) in [6, 6.07) is 11.1. The number of likely N-dealkylation sites (tertiary alicyclic amines) is 1. The van der Waals surface area contributed by atoms with Crippen LogP contribution < -0.4 is 10.1 Å². The first kappa shape index (κ1) is 21.3. The molecule has 1 aromatic heterocycles. The molecule has 1 amide bonds. The van der Waals surface area contributed by atoms with E-state index in [1.165, 1.54) is 12.1 Å². The van der Waals surface area contributed by atoms with Gasteiger partial charge in [0.1, 0.15) is 11.6 Å². The molecule has 0 radical (unpaired) electrons. The molecule has 2 aromatic carbocycles. The number of anilines is 1. The number of aromatic nitrogens is 2. The maximum Gasteiger partial charge on any atom is 0.241 e. The Labute approximate surface area is 184 Å². The van der Waals surface area contributed by atoms with Gasteiger partial charge in [-0.1, -0.05) is 16.8 Å². The summed E-state index contributed by atoms with van der Waals surface area (Å²) in [4.78, 5) is 19.3. The second-order valence-electron chi connectivity index (χ2n) is 7.43. The average Bonchev–Trinajstić information content (AvgIpc) is 3.23. The first-order valence-corrected chi connectivity index (χ1v) is 10.3. The molecule has 7 nitrogen and oxygen atoms in total. The minimum Gasteiger partial charge on any atom is -0.495 e. The van der Waals surface area contributed by atoms with Crippen molar-refractivity contribution in [1.82, 2.24) is 15.0 Å². The minimum absolute atomic E-state index is 0.0523. The van der Waals surface area contributed by atoms with Crippen LogP contribution in [0.15, 0.2) is 47.0 Å². The van der Waals surface area contributed by atoms with Gasteiger partial charge in [0.2, 0.25) is 17.6 Å². The summed E-state index contributed by atoms with van der Waals surface area (Å²) in [5, 5.41) is 7.35. The lowest BCUT2D eigenvalue weighted by molar-refractivity contribution is -0.121. The van der Waals surface area contributed by atoms with Crippen molar-refractivity contribution in [2.45, 2.75) is 19.4 Å². The molecule has 1 N–H and O–H groups in total. The third-order valence-electron chi connectivity index (χ3n) is 5.23. The Hall–Kier alpha value is -2.97. The van der Waals surface area contributed by atoms with E-state index in [0.717, 1.165) is 19.4 Å². The fraction of sp³-hybridized carbons (Fsp3) is 0.318. The molecule has 4 rings (SSSR count). The Kier molecular flexibility index (Phi) is 6.48. The Bertz CT molecular complexity index is 1060. The van der Waals surface area contributed by atoms with E-state index in [1.807, 2.05) is 0 Å². The summed E-state index contributed by atoms with van der Waals surface area (Å²) in [5.74, 6) is 0.905. The van der Waals surface area contributed by atoms with Gasteiger partial charge < -0.3 is 14.6 Å². The van der Waals surface area contributed by atoms with E-state index in [4.69, 9.17) is 20.9 Å². The molecule has 3 aromatic rings. The van der Waals surface area contributed by atoms with E-state index in [2.05, 4.69) is 20.4 Å². The zero-order chi connectivity index (χ0) is 21.8. The molecular formula is C22H22ClFN4O3. The number of benzene rings is 2. The van der Waals surface area contributed by atoms with Crippen molar-refractivity contribution in [3.63, 3.8) is 0 Å². The zero-order valence-electron chi connectivity index (χ0n) is 17.0. The molecule has 1 atom stereocenters. The summed E-state index contributed by atoms with van der Waals surface area (Å²) in [6.45, 7) is 1.88. The van der Waals surface area contributed by atoms with Crippen LogP contribution in [-0.2, 0) is 11.3 Å². The van der Waals surface area contributed by atoms with Crippen molar-refractivity contribution >= 4 is 23.2 Å². The van der Waals surface area contributed by atoms with Gasteiger partial charge in [-0.25, -0.2) is 4.39 Å². The van der Waals surface area contributed by atoms with Crippen LogP contribution >= 0.6 is 11.6 Å². The third-order valence-corrected chi connectivity index (χ3v) is 5.52. The third kappa shape index (κ3) is 5.21. The maximum atomic E-state index is 13.1. The highest BCUT2D eigenvalue weighted by atomic mass is 35.5. The predicted molar refractivity (Wildman–Crippen MR) is 114 cm³/mol. The molecule has 31 heavy (non-hydrogen) atoms. The standard InChI is InChI=1S/C22H22ClFN4O3/c1-30-19-9-8-17(11-18(19)23)25-22(29)15-3-2-10-28(12-15)13-20-26-21(27-31-20)14-4-6-16(24)7-5-14/h4-9,11,15H,2-3,10,12-13H2,1H3,(H,25,29). The SMILES string of the molecule is COc1ccc(NC(=O)C2CCCN(Cc3nc(-c4ccc(F)cc4)no3)C2)cc1Cl. The van der Waals surface area contributed by atoms with E-state index in [9.17, 15) is 9.18 Å². The highest BCUT2D eigenvalue weighted by Gasteiger charge is 2.27. The van der Waals surface area contributed by atoms with Gasteiger partial charge in [0, 0.05) is 17.8 Å². The van der Waals surface area contributed by atoms with Crippen molar-refractivity contribution in [3.8, 4) is 17.1 Å². The molecule has 0 saturated carbocycles. The highest BCUT2D eigenvalue weighted by Crippen LogP contribution is 2.28. The summed E-state index contributed by atoms with van der Waals surface area (Å²) < 4.78 is 23.6. The van der Waals surface area contributed by atoms with Gasteiger partial charge in [-0.3, -0.25) is 9.69 Å². The minimum atomic E-state index is -0.318. The van der Waals surface area contributed by atoms with Gasteiger partial charge in [0.15, 0.2) is 0 Å². The molecule has 1 aliphatic rings. The van der Waals surface area contributed by atoms with Crippen molar-refractivity contribution in [3.05, 3.63) is 59.2 Å². The van der Waals surface area contributed by atoms with Crippen LogP contribution in [-0.4, -0.2) is 41.1 Å². The number of hydrogen-bond acceptors (Lipinski definition) is 6. The van der Waals surface area contributed by atoms with Gasteiger partial charge in [0.05, 0.1) is 24.6 Å². The second-order valence-corrected chi connectivity index (χ2v) is 7.84. The molecule has 9 heteroatoms. The molecule has 1 fully saturated rings. The number of nitrogens with zero attached hydrogens (tertiary/aromatic N) is 3. The summed E-state index contributed by atoms with van der Waals surface area (Å²) in [7, 11) is 1.54. The van der Waals surface area contributed by atoms with E-state index < -0.39 is 0 Å². The van der Waals surface area contributed by atoms with Crippen LogP contribution in [0.25, 0.3) is 11.4 Å². The van der Waals surface area contributed by atoms with Crippen molar-refractivity contribution < 1.29 is 18.4 Å². The van der Waals surface area contributed by atoms with E-state index >= 15 is 0 Å². The fourth-order valence-electron chi connectivity index (χ4n) is 3.63. The molecule has 1 saturated heterocycles. The van der Waals surface area contributed by atoms with E-state index in [-0.39, 0.29) is 17.6 Å². The lowest BCUT2D eigenvalue weighted by atomic mass is 9.97. The number of halogens is 2. The van der Waals surface area contributed by atoms with Crippen molar-refractivity contribution in [2.24, 2.45) is 5.92 Å². The number of piperidine rings is 1. The maximum absolute atomic E-state index is 13.1. The summed E-state index contributed by atoms with van der Waals surface area (Å²) >= 11 is 6.14. The number of rotatable bonds is 6. The quantitative estimate of drug-likeness (QED) is 0.607. The molecule has 0 spiro atoms. The second kappa shape index (κ2) is 9.45. The number of carbonyl (C=O) groups excluding carboxylic acids is 1. The average molecular weight is 445 g/mol. The van der Waals surface area contributed by atoms with Crippen molar-refractivity contribution in [2.75, 3.05) is 25.5 Å². The number of methoxy groups -OCH3 is 1. The number of hydrogen-bond donors (Lipinski definition) is 1. The van der Waals surface area contributed by atoms with E-state index in [1.54, 1.807) is 37.4 Å². The molecule has 0 aliphatic carbocycles. The normalized spacial score (nSPS) is 16.8. The number of amides is 1. The monoisotopic (exact) mass is 444 g/mol. The molecule has 1 aliphatic heterocycles. The van der Waals surface area contributed by atoms with Crippen LogP contribution in [0.4, 0.5) is 10.1 Å². The zero-order valence-corrected chi connectivity index (χ0v) is 17.7. The van der Waals surface area contributed by atoms with Crippen LogP contribution in [0.3, 0.4) is 0 Å². The topological polar surface area (TPSA) is 80.5 Å². The van der Waals surface area contributed by atoms with Crippen LogP contribution in [0.1, 0.15) is 18.7 Å². The van der Waals surface area contributed by atoms with Gasteiger partial charge in [-0.2, -0.15) is 4.98 Å². The van der Waals surface area contributed by atoms with E-state index in [0.29, 0.717) is 46.8 Å². The Morgan fingerprint density at radius 1 is 1.32 bits per heavy atom. The Morgan fingerprint density at radius 2 is 2.13 bits per heavy atom. The van der Waals surface area contributed by atoms with Crippen LogP contribution in [0, 0.1) is 11.7 Å². The van der Waals surface area contributed by atoms with Gasteiger partial charge in [-0.15, -0.1) is 0 Å². The summed E-state index contributed by atoms with van der Waals surface area (Å²) in [5.41, 5.74) is 1.32. The predicted octanol–water partition coefficient (Wildman–Crippen LogP) is 4.39.